The van der Waals surface area contributed by atoms with Crippen molar-refractivity contribution in [2.45, 2.75) is 13.0 Å². The number of hydrogen-bond donors (Lipinski definition) is 3. The molecule has 0 aliphatic heterocycles. The summed E-state index contributed by atoms with van der Waals surface area (Å²) in [5.41, 5.74) is 4.05. The lowest BCUT2D eigenvalue weighted by Gasteiger charge is -2.12. The lowest BCUT2D eigenvalue weighted by atomic mass is 10.0. The van der Waals surface area contributed by atoms with Gasteiger partial charge in [0.15, 0.2) is 0 Å². The van der Waals surface area contributed by atoms with E-state index in [4.69, 9.17) is 9.47 Å². The predicted molar refractivity (Wildman–Crippen MR) is 122 cm³/mol. The summed E-state index contributed by atoms with van der Waals surface area (Å²) in [6.45, 7) is 2.31. The van der Waals surface area contributed by atoms with Crippen LogP contribution in [-0.2, 0) is 4.74 Å². The first-order chi connectivity index (χ1) is 15.5. The van der Waals surface area contributed by atoms with Crippen LogP contribution in [-0.4, -0.2) is 52.8 Å². The van der Waals surface area contributed by atoms with Crippen LogP contribution in [0.4, 0.5) is 0 Å². The standard InChI is InChI=1S/C24H24N4O4/c1-14(13-31-2)26-23(30)16-6-8-19-20(12-16)28-22(27-19)18-11-15(7-9-21(18)29)17-5-4-10-25-24(17)32-3/h4-12,14,29H,13H2,1-3H3,(H,26,30)(H,27,28). The van der Waals surface area contributed by atoms with Gasteiger partial charge in [-0.3, -0.25) is 4.79 Å². The van der Waals surface area contributed by atoms with Gasteiger partial charge in [0.1, 0.15) is 11.6 Å². The second kappa shape index (κ2) is 9.07. The number of aromatic amines is 1. The number of nitrogens with zero attached hydrogens (tertiary/aromatic N) is 2. The Labute approximate surface area is 185 Å². The third kappa shape index (κ3) is 4.26. The monoisotopic (exact) mass is 432 g/mol. The molecule has 0 saturated heterocycles. The fourth-order valence-electron chi connectivity index (χ4n) is 3.54. The van der Waals surface area contributed by atoms with Crippen molar-refractivity contribution in [3.63, 3.8) is 0 Å². The van der Waals surface area contributed by atoms with Crippen molar-refractivity contribution in [2.75, 3.05) is 20.8 Å². The number of rotatable bonds is 7. The predicted octanol–water partition coefficient (Wildman–Crippen LogP) is 3.77. The summed E-state index contributed by atoms with van der Waals surface area (Å²) in [6, 6.07) is 14.1. The van der Waals surface area contributed by atoms with Crippen LogP contribution in [0.15, 0.2) is 54.7 Å². The number of fused-ring (bicyclic) bond motifs is 1. The molecule has 2 heterocycles. The van der Waals surface area contributed by atoms with Crippen LogP contribution in [0, 0.1) is 0 Å². The van der Waals surface area contributed by atoms with Gasteiger partial charge < -0.3 is 24.9 Å². The summed E-state index contributed by atoms with van der Waals surface area (Å²) in [5, 5.41) is 13.4. The number of carbonyl (C=O) groups excluding carboxylic acids is 1. The summed E-state index contributed by atoms with van der Waals surface area (Å²) in [5.74, 6) is 0.878. The molecule has 1 atom stereocenters. The number of phenols is 1. The quantitative estimate of drug-likeness (QED) is 0.410. The van der Waals surface area contributed by atoms with Crippen molar-refractivity contribution < 1.29 is 19.4 Å². The van der Waals surface area contributed by atoms with E-state index in [-0.39, 0.29) is 17.7 Å². The summed E-state index contributed by atoms with van der Waals surface area (Å²) in [6.07, 6.45) is 1.66. The first-order valence-electron chi connectivity index (χ1n) is 10.1. The fraction of sp³-hybridized carbons (Fsp3) is 0.208. The number of imidazole rings is 1. The lowest BCUT2D eigenvalue weighted by Crippen LogP contribution is -2.35. The molecule has 4 rings (SSSR count). The molecule has 0 aliphatic carbocycles. The van der Waals surface area contributed by atoms with Crippen molar-refractivity contribution in [1.82, 2.24) is 20.3 Å². The summed E-state index contributed by atoms with van der Waals surface area (Å²) in [4.78, 5) is 24.6. The Morgan fingerprint density at radius 1 is 1.16 bits per heavy atom. The molecular weight excluding hydrogens is 408 g/mol. The van der Waals surface area contributed by atoms with E-state index in [0.717, 1.165) is 11.1 Å². The molecule has 0 aliphatic rings. The number of ether oxygens (including phenoxy) is 2. The average Bonchev–Trinajstić information content (AvgIpc) is 3.22. The van der Waals surface area contributed by atoms with E-state index in [1.807, 2.05) is 25.1 Å². The van der Waals surface area contributed by atoms with Crippen LogP contribution >= 0.6 is 0 Å². The van der Waals surface area contributed by atoms with Gasteiger partial charge in [0.2, 0.25) is 5.88 Å². The maximum Gasteiger partial charge on any atom is 0.251 e. The molecule has 32 heavy (non-hydrogen) atoms. The first-order valence-corrected chi connectivity index (χ1v) is 10.1. The number of nitrogens with one attached hydrogen (secondary N) is 2. The second-order valence-electron chi connectivity index (χ2n) is 7.44. The Morgan fingerprint density at radius 2 is 2.00 bits per heavy atom. The molecular formula is C24H24N4O4. The number of phenolic OH excluding ortho intramolecular Hbond substituents is 1. The molecule has 0 radical (unpaired) electrons. The first kappa shape index (κ1) is 21.3. The molecule has 0 spiro atoms. The van der Waals surface area contributed by atoms with E-state index >= 15 is 0 Å². The minimum atomic E-state index is -0.193. The van der Waals surface area contributed by atoms with Gasteiger partial charge in [-0.05, 0) is 55.0 Å². The molecule has 2 aromatic carbocycles. The molecule has 3 N–H and O–H groups in total. The van der Waals surface area contributed by atoms with Gasteiger partial charge in [-0.2, -0.15) is 0 Å². The van der Waals surface area contributed by atoms with Crippen LogP contribution in [0.3, 0.4) is 0 Å². The molecule has 0 saturated carbocycles. The topological polar surface area (TPSA) is 109 Å². The zero-order chi connectivity index (χ0) is 22.7. The van der Waals surface area contributed by atoms with Gasteiger partial charge in [0.25, 0.3) is 5.91 Å². The number of methoxy groups -OCH3 is 2. The number of hydrogen-bond acceptors (Lipinski definition) is 6. The minimum absolute atomic E-state index is 0.0852. The van der Waals surface area contributed by atoms with Gasteiger partial charge in [0.05, 0.1) is 30.3 Å². The second-order valence-corrected chi connectivity index (χ2v) is 7.44. The average molecular weight is 432 g/mol. The van der Waals surface area contributed by atoms with Crippen molar-refractivity contribution in [3.8, 4) is 34.1 Å². The maximum atomic E-state index is 12.5. The van der Waals surface area contributed by atoms with Crippen LogP contribution in [0.5, 0.6) is 11.6 Å². The van der Waals surface area contributed by atoms with Crippen molar-refractivity contribution in [3.05, 3.63) is 60.3 Å². The molecule has 1 unspecified atom stereocenters. The zero-order valence-corrected chi connectivity index (χ0v) is 18.0. The summed E-state index contributed by atoms with van der Waals surface area (Å²) < 4.78 is 10.4. The largest absolute Gasteiger partial charge is 0.507 e. The number of aromatic hydroxyl groups is 1. The molecule has 8 nitrogen and oxygen atoms in total. The van der Waals surface area contributed by atoms with Gasteiger partial charge in [-0.1, -0.05) is 6.07 Å². The summed E-state index contributed by atoms with van der Waals surface area (Å²) >= 11 is 0. The Morgan fingerprint density at radius 3 is 2.78 bits per heavy atom. The number of benzene rings is 2. The minimum Gasteiger partial charge on any atom is -0.507 e. The number of amides is 1. The third-order valence-corrected chi connectivity index (χ3v) is 5.07. The van der Waals surface area contributed by atoms with Gasteiger partial charge in [0, 0.05) is 30.5 Å². The zero-order valence-electron chi connectivity index (χ0n) is 18.0. The number of pyridine rings is 1. The van der Waals surface area contributed by atoms with Crippen molar-refractivity contribution in [2.24, 2.45) is 0 Å². The van der Waals surface area contributed by atoms with E-state index in [1.54, 1.807) is 50.7 Å². The maximum absolute atomic E-state index is 12.5. The Kier molecular flexibility index (Phi) is 6.04. The van der Waals surface area contributed by atoms with Crippen molar-refractivity contribution >= 4 is 16.9 Å². The molecule has 4 aromatic rings. The molecule has 0 fully saturated rings. The van der Waals surface area contributed by atoms with E-state index in [0.29, 0.717) is 40.5 Å². The van der Waals surface area contributed by atoms with E-state index in [9.17, 15) is 9.90 Å². The smallest absolute Gasteiger partial charge is 0.251 e. The number of H-pyrrole nitrogens is 1. The highest BCUT2D eigenvalue weighted by Gasteiger charge is 2.15. The molecule has 2 aromatic heterocycles. The molecule has 164 valence electrons. The molecule has 8 heteroatoms. The highest BCUT2D eigenvalue weighted by molar-refractivity contribution is 5.98. The molecule has 0 bridgehead atoms. The number of carbonyl (C=O) groups is 1. The fourth-order valence-corrected chi connectivity index (χ4v) is 3.54. The Balaban J connectivity index is 1.69. The van der Waals surface area contributed by atoms with Crippen LogP contribution < -0.4 is 10.1 Å². The molecule has 1 amide bonds. The van der Waals surface area contributed by atoms with Crippen molar-refractivity contribution in [1.29, 1.82) is 0 Å². The van der Waals surface area contributed by atoms with Gasteiger partial charge in [-0.15, -0.1) is 0 Å². The number of aromatic nitrogens is 3. The summed E-state index contributed by atoms with van der Waals surface area (Å²) in [7, 11) is 3.16. The highest BCUT2D eigenvalue weighted by Crippen LogP contribution is 2.35. The highest BCUT2D eigenvalue weighted by atomic mass is 16.5. The Bertz CT molecular complexity index is 1270. The normalized spacial score (nSPS) is 12.0. The van der Waals surface area contributed by atoms with Gasteiger partial charge in [-0.25, -0.2) is 9.97 Å². The lowest BCUT2D eigenvalue weighted by molar-refractivity contribution is 0.0905. The van der Waals surface area contributed by atoms with Crippen LogP contribution in [0.25, 0.3) is 33.5 Å². The third-order valence-electron chi connectivity index (χ3n) is 5.07. The Hall–Kier alpha value is -3.91. The van der Waals surface area contributed by atoms with E-state index in [2.05, 4.69) is 20.3 Å². The van der Waals surface area contributed by atoms with E-state index in [1.165, 1.54) is 0 Å². The SMILES string of the molecule is COCC(C)NC(=O)c1ccc2nc(-c3cc(-c4cccnc4OC)ccc3O)[nH]c2c1. The van der Waals surface area contributed by atoms with Crippen LogP contribution in [0.2, 0.25) is 0 Å². The van der Waals surface area contributed by atoms with E-state index < -0.39 is 0 Å². The van der Waals surface area contributed by atoms with Gasteiger partial charge >= 0.3 is 0 Å². The van der Waals surface area contributed by atoms with Crippen LogP contribution in [0.1, 0.15) is 17.3 Å².